The second-order valence-corrected chi connectivity index (χ2v) is 4.57. The Balaban J connectivity index is 2.10. The molecule has 0 aliphatic heterocycles. The monoisotopic (exact) mass is 229 g/mol. The number of benzene rings is 1. The Morgan fingerprint density at radius 2 is 1.62 bits per heavy atom. The lowest BCUT2D eigenvalue weighted by atomic mass is 10.0. The molecular formula is C14H12ClN. The normalized spacial score (nSPS) is 13.8. The molecule has 2 heteroatoms. The van der Waals surface area contributed by atoms with Gasteiger partial charge in [-0.3, -0.25) is 0 Å². The van der Waals surface area contributed by atoms with E-state index in [2.05, 4.69) is 35.3 Å². The molecule has 0 bridgehead atoms. The molecule has 0 radical (unpaired) electrons. The summed E-state index contributed by atoms with van der Waals surface area (Å²) < 4.78 is 0. The highest BCUT2D eigenvalue weighted by molar-refractivity contribution is 6.29. The van der Waals surface area contributed by atoms with Crippen molar-refractivity contribution in [3.8, 4) is 0 Å². The maximum Gasteiger partial charge on any atom is 0.129 e. The van der Waals surface area contributed by atoms with Crippen LogP contribution in [0.3, 0.4) is 0 Å². The first-order chi connectivity index (χ1) is 7.83. The highest BCUT2D eigenvalue weighted by atomic mass is 35.5. The number of halogens is 1. The molecule has 0 N–H and O–H groups in total. The van der Waals surface area contributed by atoms with Crippen LogP contribution in [0.1, 0.15) is 22.4 Å². The van der Waals surface area contributed by atoms with Crippen LogP contribution in [0, 0.1) is 0 Å². The Morgan fingerprint density at radius 1 is 0.875 bits per heavy atom. The molecule has 0 spiro atoms. The molecule has 0 atom stereocenters. The van der Waals surface area contributed by atoms with E-state index in [4.69, 9.17) is 11.6 Å². The summed E-state index contributed by atoms with van der Waals surface area (Å²) in [5.41, 5.74) is 5.30. The molecule has 1 nitrogen and oxygen atoms in total. The largest absolute Gasteiger partial charge is 0.241 e. The number of pyridine rings is 1. The SMILES string of the molecule is Clc1ccc2c(n1)Cc1ccccc1CC2. The number of aryl methyl sites for hydroxylation is 2. The Labute approximate surface area is 100 Å². The number of fused-ring (bicyclic) bond motifs is 2. The summed E-state index contributed by atoms with van der Waals surface area (Å²) in [6.07, 6.45) is 3.08. The van der Waals surface area contributed by atoms with E-state index in [1.54, 1.807) is 0 Å². The van der Waals surface area contributed by atoms with Gasteiger partial charge < -0.3 is 0 Å². The quantitative estimate of drug-likeness (QED) is 0.631. The summed E-state index contributed by atoms with van der Waals surface area (Å²) in [7, 11) is 0. The smallest absolute Gasteiger partial charge is 0.129 e. The van der Waals surface area contributed by atoms with Crippen molar-refractivity contribution in [2.45, 2.75) is 19.3 Å². The zero-order valence-electron chi connectivity index (χ0n) is 8.91. The van der Waals surface area contributed by atoms with Gasteiger partial charge in [0.05, 0.1) is 0 Å². The van der Waals surface area contributed by atoms with Crippen molar-refractivity contribution in [3.63, 3.8) is 0 Å². The van der Waals surface area contributed by atoms with Crippen LogP contribution in [0.5, 0.6) is 0 Å². The van der Waals surface area contributed by atoms with Crippen molar-refractivity contribution in [2.24, 2.45) is 0 Å². The third-order valence-corrected chi connectivity index (χ3v) is 3.38. The molecule has 1 aromatic heterocycles. The fourth-order valence-corrected chi connectivity index (χ4v) is 2.47. The summed E-state index contributed by atoms with van der Waals surface area (Å²) in [6, 6.07) is 12.6. The summed E-state index contributed by atoms with van der Waals surface area (Å²) in [6.45, 7) is 0. The van der Waals surface area contributed by atoms with Crippen LogP contribution >= 0.6 is 11.6 Å². The average molecular weight is 230 g/mol. The predicted molar refractivity (Wildman–Crippen MR) is 65.9 cm³/mol. The van der Waals surface area contributed by atoms with Crippen molar-refractivity contribution in [1.29, 1.82) is 0 Å². The molecule has 0 saturated carbocycles. The third kappa shape index (κ3) is 1.72. The van der Waals surface area contributed by atoms with Crippen molar-refractivity contribution < 1.29 is 0 Å². The zero-order valence-corrected chi connectivity index (χ0v) is 9.67. The first-order valence-corrected chi connectivity index (χ1v) is 5.92. The molecule has 0 unspecified atom stereocenters. The van der Waals surface area contributed by atoms with Crippen molar-refractivity contribution in [2.75, 3.05) is 0 Å². The Morgan fingerprint density at radius 3 is 2.50 bits per heavy atom. The Kier molecular flexibility index (Phi) is 2.41. The predicted octanol–water partition coefficient (Wildman–Crippen LogP) is 3.42. The van der Waals surface area contributed by atoms with E-state index >= 15 is 0 Å². The van der Waals surface area contributed by atoms with E-state index in [0.717, 1.165) is 25.0 Å². The molecule has 80 valence electrons. The first kappa shape index (κ1) is 9.86. The molecule has 16 heavy (non-hydrogen) atoms. The van der Waals surface area contributed by atoms with Crippen LogP contribution in [-0.2, 0) is 19.3 Å². The average Bonchev–Trinajstić information content (AvgIpc) is 2.47. The molecule has 1 aromatic carbocycles. The molecule has 0 saturated heterocycles. The van der Waals surface area contributed by atoms with E-state index in [9.17, 15) is 0 Å². The number of hydrogen-bond donors (Lipinski definition) is 0. The number of nitrogens with zero attached hydrogens (tertiary/aromatic N) is 1. The van der Waals surface area contributed by atoms with Crippen molar-refractivity contribution in [1.82, 2.24) is 4.98 Å². The van der Waals surface area contributed by atoms with E-state index in [0.29, 0.717) is 5.15 Å². The van der Waals surface area contributed by atoms with Gasteiger partial charge in [0.1, 0.15) is 5.15 Å². The fraction of sp³-hybridized carbons (Fsp3) is 0.214. The van der Waals surface area contributed by atoms with Crippen LogP contribution in [-0.4, -0.2) is 4.98 Å². The van der Waals surface area contributed by atoms with Gasteiger partial charge in [0, 0.05) is 12.1 Å². The topological polar surface area (TPSA) is 12.9 Å². The fourth-order valence-electron chi connectivity index (χ4n) is 2.31. The van der Waals surface area contributed by atoms with Gasteiger partial charge in [0.2, 0.25) is 0 Å². The van der Waals surface area contributed by atoms with Crippen LogP contribution in [0.2, 0.25) is 5.15 Å². The lowest BCUT2D eigenvalue weighted by molar-refractivity contribution is 0.952. The molecule has 3 rings (SSSR count). The van der Waals surface area contributed by atoms with Gasteiger partial charge in [-0.25, -0.2) is 4.98 Å². The van der Waals surface area contributed by atoms with Crippen LogP contribution in [0.15, 0.2) is 36.4 Å². The van der Waals surface area contributed by atoms with E-state index in [-0.39, 0.29) is 0 Å². The Hall–Kier alpha value is -1.34. The van der Waals surface area contributed by atoms with E-state index in [1.165, 1.54) is 16.7 Å². The van der Waals surface area contributed by atoms with Gasteiger partial charge in [-0.2, -0.15) is 0 Å². The summed E-state index contributed by atoms with van der Waals surface area (Å²) >= 11 is 5.95. The highest BCUT2D eigenvalue weighted by Crippen LogP contribution is 2.24. The zero-order chi connectivity index (χ0) is 11.0. The molecule has 1 aliphatic carbocycles. The second kappa shape index (κ2) is 3.91. The summed E-state index contributed by atoms with van der Waals surface area (Å²) in [5, 5.41) is 0.595. The van der Waals surface area contributed by atoms with Gasteiger partial charge in [-0.05, 0) is 35.6 Å². The molecule has 2 aromatic rings. The van der Waals surface area contributed by atoms with Crippen molar-refractivity contribution in [3.05, 3.63) is 63.9 Å². The molecule has 0 amide bonds. The molecule has 1 aliphatic rings. The molecular weight excluding hydrogens is 218 g/mol. The minimum atomic E-state index is 0.595. The maximum atomic E-state index is 5.95. The minimum absolute atomic E-state index is 0.595. The molecule has 0 fully saturated rings. The van der Waals surface area contributed by atoms with E-state index < -0.39 is 0 Å². The van der Waals surface area contributed by atoms with Gasteiger partial charge in [0.25, 0.3) is 0 Å². The van der Waals surface area contributed by atoms with Gasteiger partial charge in [-0.15, -0.1) is 0 Å². The summed E-state index contributed by atoms with van der Waals surface area (Å²) in [5.74, 6) is 0. The van der Waals surface area contributed by atoms with Gasteiger partial charge in [-0.1, -0.05) is 41.9 Å². The number of aromatic nitrogens is 1. The third-order valence-electron chi connectivity index (χ3n) is 3.17. The van der Waals surface area contributed by atoms with Gasteiger partial charge >= 0.3 is 0 Å². The lowest BCUT2D eigenvalue weighted by Gasteiger charge is -2.04. The maximum absolute atomic E-state index is 5.95. The lowest BCUT2D eigenvalue weighted by Crippen LogP contribution is -1.96. The number of hydrogen-bond acceptors (Lipinski definition) is 1. The van der Waals surface area contributed by atoms with Crippen molar-refractivity contribution >= 4 is 11.6 Å². The standard InChI is InChI=1S/C14H12ClN/c15-14-8-7-11-6-5-10-3-1-2-4-12(10)9-13(11)16-14/h1-4,7-8H,5-6,9H2. The molecule has 1 heterocycles. The Bertz CT molecular complexity index is 534. The van der Waals surface area contributed by atoms with Gasteiger partial charge in [0.15, 0.2) is 0 Å². The van der Waals surface area contributed by atoms with E-state index in [1.807, 2.05) is 6.07 Å². The van der Waals surface area contributed by atoms with Crippen LogP contribution < -0.4 is 0 Å². The van der Waals surface area contributed by atoms with Crippen LogP contribution in [0.4, 0.5) is 0 Å². The highest BCUT2D eigenvalue weighted by Gasteiger charge is 2.13. The van der Waals surface area contributed by atoms with Crippen LogP contribution in [0.25, 0.3) is 0 Å². The first-order valence-electron chi connectivity index (χ1n) is 5.54. The minimum Gasteiger partial charge on any atom is -0.241 e. The second-order valence-electron chi connectivity index (χ2n) is 4.19. The summed E-state index contributed by atoms with van der Waals surface area (Å²) in [4.78, 5) is 4.44. The number of rotatable bonds is 0.